The maximum absolute atomic E-state index is 12.5. The highest BCUT2D eigenvalue weighted by atomic mass is 16.6. The summed E-state index contributed by atoms with van der Waals surface area (Å²) in [6.45, 7) is 0. The molecular weight excluding hydrogens is 280 g/mol. The molecule has 2 aliphatic heterocycles. The summed E-state index contributed by atoms with van der Waals surface area (Å²) in [5.41, 5.74) is 0.526. The van der Waals surface area contributed by atoms with Crippen LogP contribution in [-0.2, 0) is 19.1 Å². The molecule has 0 aromatic heterocycles. The SMILES string of the molecule is O=C1OC23C=CC=CC24OC(=O)[C@H]2C4c4ccccc4C3[C@@H]12. The minimum atomic E-state index is -0.870. The van der Waals surface area contributed by atoms with Crippen molar-refractivity contribution in [3.05, 3.63) is 59.7 Å². The van der Waals surface area contributed by atoms with E-state index in [1.54, 1.807) is 0 Å². The Labute approximate surface area is 126 Å². The van der Waals surface area contributed by atoms with Crippen LogP contribution in [0.5, 0.6) is 0 Å². The largest absolute Gasteiger partial charge is 0.449 e. The Kier molecular flexibility index (Phi) is 1.56. The minimum absolute atomic E-state index is 0.140. The van der Waals surface area contributed by atoms with E-state index in [4.69, 9.17) is 9.47 Å². The summed E-state index contributed by atoms with van der Waals surface area (Å²) in [5, 5.41) is 0. The molecular formula is C18H12O4. The Morgan fingerprint density at radius 3 is 1.68 bits per heavy atom. The summed E-state index contributed by atoms with van der Waals surface area (Å²) in [6, 6.07) is 8.09. The fraction of sp³-hybridized carbons (Fsp3) is 0.333. The number of hydrogen-bond donors (Lipinski definition) is 0. The molecule has 6 bridgehead atoms. The van der Waals surface area contributed by atoms with Crippen molar-refractivity contribution in [2.24, 2.45) is 11.8 Å². The van der Waals surface area contributed by atoms with E-state index in [2.05, 4.69) is 12.1 Å². The smallest absolute Gasteiger partial charge is 0.311 e. The third kappa shape index (κ3) is 0.832. The van der Waals surface area contributed by atoms with Crippen LogP contribution in [0.3, 0.4) is 0 Å². The predicted octanol–water partition coefficient (Wildman–Crippen LogP) is 1.83. The van der Waals surface area contributed by atoms with Gasteiger partial charge in [0.05, 0.1) is 11.8 Å². The first-order valence-electron chi connectivity index (χ1n) is 7.61. The minimum Gasteiger partial charge on any atom is -0.449 e. The zero-order chi connectivity index (χ0) is 14.7. The van der Waals surface area contributed by atoms with Gasteiger partial charge in [0.15, 0.2) is 11.2 Å². The van der Waals surface area contributed by atoms with E-state index in [1.807, 2.05) is 36.4 Å². The molecule has 2 saturated heterocycles. The lowest BCUT2D eigenvalue weighted by molar-refractivity contribution is -0.177. The van der Waals surface area contributed by atoms with Crippen LogP contribution in [0.25, 0.3) is 0 Å². The Morgan fingerprint density at radius 2 is 1.23 bits per heavy atom. The number of allylic oxidation sites excluding steroid dienone is 2. The van der Waals surface area contributed by atoms with E-state index in [0.717, 1.165) is 11.1 Å². The average molecular weight is 292 g/mol. The number of esters is 2. The molecule has 6 aliphatic rings. The Morgan fingerprint density at radius 1 is 0.773 bits per heavy atom. The summed E-state index contributed by atoms with van der Waals surface area (Å²) < 4.78 is 11.8. The van der Waals surface area contributed by atoms with E-state index < -0.39 is 23.0 Å². The zero-order valence-corrected chi connectivity index (χ0v) is 11.6. The summed E-state index contributed by atoms with van der Waals surface area (Å²) in [4.78, 5) is 25.1. The van der Waals surface area contributed by atoms with Gasteiger partial charge in [-0.15, -0.1) is 0 Å². The molecule has 7 rings (SSSR count). The van der Waals surface area contributed by atoms with Gasteiger partial charge in [0.1, 0.15) is 0 Å². The highest BCUT2D eigenvalue weighted by Crippen LogP contribution is 2.74. The summed E-state index contributed by atoms with van der Waals surface area (Å²) in [5.74, 6) is -1.63. The predicted molar refractivity (Wildman–Crippen MR) is 74.8 cm³/mol. The fourth-order valence-corrected chi connectivity index (χ4v) is 5.61. The maximum Gasteiger partial charge on any atom is 0.311 e. The third-order valence-electron chi connectivity index (χ3n) is 6.19. The van der Waals surface area contributed by atoms with Gasteiger partial charge in [-0.05, 0) is 23.3 Å². The second kappa shape index (κ2) is 3.05. The van der Waals surface area contributed by atoms with Gasteiger partial charge in [-0.25, -0.2) is 0 Å². The van der Waals surface area contributed by atoms with Crippen LogP contribution in [0.2, 0.25) is 0 Å². The summed E-state index contributed by atoms with van der Waals surface area (Å²) >= 11 is 0. The number of ether oxygens (including phenoxy) is 2. The van der Waals surface area contributed by atoms with Crippen LogP contribution in [0, 0.1) is 11.8 Å². The monoisotopic (exact) mass is 292 g/mol. The molecule has 1 aromatic rings. The highest BCUT2D eigenvalue weighted by molar-refractivity contribution is 5.93. The van der Waals surface area contributed by atoms with Crippen LogP contribution in [0.15, 0.2) is 48.6 Å². The molecule has 2 heterocycles. The first-order chi connectivity index (χ1) is 10.7. The Hall–Kier alpha value is -2.36. The van der Waals surface area contributed by atoms with Gasteiger partial charge in [-0.2, -0.15) is 0 Å². The molecule has 108 valence electrons. The molecule has 0 amide bonds. The third-order valence-corrected chi connectivity index (χ3v) is 6.19. The van der Waals surface area contributed by atoms with Crippen molar-refractivity contribution in [3.8, 4) is 0 Å². The normalized spacial score (nSPS) is 48.0. The zero-order valence-electron chi connectivity index (χ0n) is 11.6. The molecule has 3 fully saturated rings. The second-order valence-electron chi connectivity index (χ2n) is 6.78. The molecule has 4 heteroatoms. The first-order valence-corrected chi connectivity index (χ1v) is 7.61. The molecule has 1 saturated carbocycles. The molecule has 0 N–H and O–H groups in total. The van der Waals surface area contributed by atoms with Gasteiger partial charge < -0.3 is 9.47 Å². The van der Waals surface area contributed by atoms with Crippen LogP contribution < -0.4 is 0 Å². The average Bonchev–Trinajstić information content (AvgIpc) is 2.93. The van der Waals surface area contributed by atoms with Crippen molar-refractivity contribution < 1.29 is 19.1 Å². The quantitative estimate of drug-likeness (QED) is 0.685. The molecule has 4 nitrogen and oxygen atoms in total. The number of benzene rings is 1. The maximum atomic E-state index is 12.5. The standard InChI is InChI=1S/C18H12O4/c19-15-11-12-14-10-6-2-1-5-9(10)13(11)17(21-15)7-3-4-8-18(14,17)22-16(12)20/h1-8,11-14H/t11-,12+,13?,14?,17?,18?. The molecule has 4 aliphatic carbocycles. The molecule has 22 heavy (non-hydrogen) atoms. The van der Waals surface area contributed by atoms with Crippen LogP contribution >= 0.6 is 0 Å². The van der Waals surface area contributed by atoms with Crippen molar-refractivity contribution in [3.63, 3.8) is 0 Å². The molecule has 6 atom stereocenters. The number of carbonyl (C=O) groups is 2. The second-order valence-corrected chi connectivity index (χ2v) is 6.78. The lowest BCUT2D eigenvalue weighted by Gasteiger charge is -2.55. The van der Waals surface area contributed by atoms with Crippen molar-refractivity contribution >= 4 is 11.9 Å². The van der Waals surface area contributed by atoms with E-state index >= 15 is 0 Å². The van der Waals surface area contributed by atoms with Crippen LogP contribution in [0.1, 0.15) is 23.0 Å². The highest BCUT2D eigenvalue weighted by Gasteiger charge is 2.83. The van der Waals surface area contributed by atoms with E-state index in [9.17, 15) is 9.59 Å². The van der Waals surface area contributed by atoms with Gasteiger partial charge in [-0.3, -0.25) is 9.59 Å². The van der Waals surface area contributed by atoms with Gasteiger partial charge in [0.25, 0.3) is 0 Å². The van der Waals surface area contributed by atoms with Crippen LogP contribution in [0.4, 0.5) is 0 Å². The van der Waals surface area contributed by atoms with Gasteiger partial charge in [0.2, 0.25) is 0 Å². The number of rotatable bonds is 0. The van der Waals surface area contributed by atoms with E-state index in [0.29, 0.717) is 0 Å². The van der Waals surface area contributed by atoms with Gasteiger partial charge >= 0.3 is 11.9 Å². The van der Waals surface area contributed by atoms with Gasteiger partial charge in [-0.1, -0.05) is 36.4 Å². The first kappa shape index (κ1) is 11.2. The van der Waals surface area contributed by atoms with E-state index in [1.165, 1.54) is 0 Å². The van der Waals surface area contributed by atoms with Crippen molar-refractivity contribution in [2.45, 2.75) is 23.0 Å². The molecule has 1 aromatic carbocycles. The Balaban J connectivity index is 1.80. The number of carbonyl (C=O) groups excluding carboxylic acids is 2. The van der Waals surface area contributed by atoms with Crippen LogP contribution in [-0.4, -0.2) is 23.1 Å². The van der Waals surface area contributed by atoms with E-state index in [-0.39, 0.29) is 23.8 Å². The lowest BCUT2D eigenvalue weighted by atomic mass is 9.46. The summed E-state index contributed by atoms with van der Waals surface area (Å²) in [7, 11) is 0. The van der Waals surface area contributed by atoms with Crippen molar-refractivity contribution in [2.75, 3.05) is 0 Å². The summed E-state index contributed by atoms with van der Waals surface area (Å²) in [6.07, 6.45) is 7.64. The fourth-order valence-electron chi connectivity index (χ4n) is 5.61. The van der Waals surface area contributed by atoms with Gasteiger partial charge in [0, 0.05) is 11.8 Å². The number of hydrogen-bond acceptors (Lipinski definition) is 4. The lowest BCUT2D eigenvalue weighted by Crippen LogP contribution is -2.64. The topological polar surface area (TPSA) is 52.6 Å². The molecule has 0 radical (unpaired) electrons. The molecule has 4 unspecified atom stereocenters. The Bertz CT molecular complexity index is 768. The van der Waals surface area contributed by atoms with Crippen molar-refractivity contribution in [1.82, 2.24) is 0 Å². The van der Waals surface area contributed by atoms with Crippen molar-refractivity contribution in [1.29, 1.82) is 0 Å². The molecule has 2 spiro atoms.